The van der Waals surface area contributed by atoms with Crippen LogP contribution in [-0.4, -0.2) is 29.2 Å². The van der Waals surface area contributed by atoms with Crippen LogP contribution in [0.25, 0.3) is 0 Å². The molecule has 0 aliphatic carbocycles. The van der Waals surface area contributed by atoms with Gasteiger partial charge in [0.15, 0.2) is 8.32 Å². The summed E-state index contributed by atoms with van der Waals surface area (Å²) in [7, 11) is -3.54. The van der Waals surface area contributed by atoms with Crippen LogP contribution in [0.15, 0.2) is 30.3 Å². The summed E-state index contributed by atoms with van der Waals surface area (Å²) in [5.41, 5.74) is 0.967. The van der Waals surface area contributed by atoms with E-state index in [2.05, 4.69) is 19.6 Å². The molecule has 1 atom stereocenters. The first-order valence-corrected chi connectivity index (χ1v) is 13.8. The Morgan fingerprint density at radius 2 is 1.55 bits per heavy atom. The summed E-state index contributed by atoms with van der Waals surface area (Å²) in [5, 5.41) is 0. The van der Waals surface area contributed by atoms with Crippen LogP contribution in [0.5, 0.6) is 0 Å². The SMILES string of the molecule is C[Si](C)(C)OCC(C(=O)O[Si](C)(C)C)c1ccccc1. The van der Waals surface area contributed by atoms with E-state index >= 15 is 0 Å². The van der Waals surface area contributed by atoms with Crippen molar-refractivity contribution < 1.29 is 13.6 Å². The van der Waals surface area contributed by atoms with Gasteiger partial charge in [-0.25, -0.2) is 0 Å². The minimum Gasteiger partial charge on any atom is -0.519 e. The Kier molecular flexibility index (Phi) is 5.73. The van der Waals surface area contributed by atoms with Crippen molar-refractivity contribution in [2.24, 2.45) is 0 Å². The molecule has 0 aliphatic heterocycles. The summed E-state index contributed by atoms with van der Waals surface area (Å²) in [6, 6.07) is 9.76. The van der Waals surface area contributed by atoms with E-state index in [4.69, 9.17) is 8.85 Å². The quantitative estimate of drug-likeness (QED) is 0.745. The van der Waals surface area contributed by atoms with Crippen molar-refractivity contribution in [3.05, 3.63) is 35.9 Å². The second-order valence-electron chi connectivity index (χ2n) is 6.92. The van der Waals surface area contributed by atoms with Crippen LogP contribution < -0.4 is 0 Å². The molecular weight excluding hydrogens is 284 g/mol. The molecule has 1 aromatic rings. The van der Waals surface area contributed by atoms with E-state index in [1.54, 1.807) is 0 Å². The van der Waals surface area contributed by atoms with Gasteiger partial charge in [0, 0.05) is 0 Å². The highest BCUT2D eigenvalue weighted by molar-refractivity contribution is 6.71. The van der Waals surface area contributed by atoms with Crippen LogP contribution in [0.2, 0.25) is 39.3 Å². The number of benzene rings is 1. The predicted octanol–water partition coefficient (Wildman–Crippen LogP) is 4.00. The maximum Gasteiger partial charge on any atom is 0.302 e. The summed E-state index contributed by atoms with van der Waals surface area (Å²) in [5.74, 6) is -0.483. The summed E-state index contributed by atoms with van der Waals surface area (Å²) >= 11 is 0. The van der Waals surface area contributed by atoms with Crippen molar-refractivity contribution in [3.8, 4) is 0 Å². The monoisotopic (exact) mass is 310 g/mol. The van der Waals surface area contributed by atoms with Crippen molar-refractivity contribution in [2.75, 3.05) is 6.61 Å². The molecule has 0 heterocycles. The van der Waals surface area contributed by atoms with Crippen molar-refractivity contribution in [2.45, 2.75) is 45.2 Å². The molecule has 0 aromatic heterocycles. The minimum absolute atomic E-state index is 0.159. The van der Waals surface area contributed by atoms with Crippen LogP contribution in [0.3, 0.4) is 0 Å². The maximum absolute atomic E-state index is 12.4. The van der Waals surface area contributed by atoms with Gasteiger partial charge in [0.05, 0.1) is 6.61 Å². The zero-order valence-corrected chi connectivity index (χ0v) is 15.4. The van der Waals surface area contributed by atoms with E-state index in [1.165, 1.54) is 0 Å². The normalized spacial score (nSPS) is 13.9. The second-order valence-corrected chi connectivity index (χ2v) is 15.9. The summed E-state index contributed by atoms with van der Waals surface area (Å²) in [6.07, 6.45) is 0. The van der Waals surface area contributed by atoms with Gasteiger partial charge in [0.2, 0.25) is 8.32 Å². The third-order valence-electron chi connectivity index (χ3n) is 2.58. The van der Waals surface area contributed by atoms with Gasteiger partial charge in [-0.3, -0.25) is 4.79 Å². The molecule has 20 heavy (non-hydrogen) atoms. The third kappa shape index (κ3) is 6.50. The molecule has 0 bridgehead atoms. The fraction of sp³-hybridized carbons (Fsp3) is 0.533. The average molecular weight is 311 g/mol. The Labute approximate surface area is 124 Å². The van der Waals surface area contributed by atoms with Gasteiger partial charge in [-0.05, 0) is 44.8 Å². The van der Waals surface area contributed by atoms with E-state index in [1.807, 2.05) is 50.0 Å². The van der Waals surface area contributed by atoms with Crippen molar-refractivity contribution >= 4 is 22.6 Å². The molecular formula is C15H26O3Si2. The van der Waals surface area contributed by atoms with Gasteiger partial charge in [0.25, 0.3) is 0 Å². The Balaban J connectivity index is 2.88. The van der Waals surface area contributed by atoms with Crippen LogP contribution in [0, 0.1) is 0 Å². The number of carbonyl (C=O) groups excluding carboxylic acids is 1. The molecule has 112 valence electrons. The van der Waals surface area contributed by atoms with Gasteiger partial charge in [-0.2, -0.15) is 0 Å². The summed E-state index contributed by atoms with van der Waals surface area (Å²) < 4.78 is 11.6. The summed E-state index contributed by atoms with van der Waals surface area (Å²) in [6.45, 7) is 12.8. The Morgan fingerprint density at radius 3 is 2.00 bits per heavy atom. The maximum atomic E-state index is 12.4. The lowest BCUT2D eigenvalue weighted by Gasteiger charge is -2.26. The number of carbonyl (C=O) groups is 1. The lowest BCUT2D eigenvalue weighted by molar-refractivity contribution is -0.137. The minimum atomic E-state index is -1.88. The van der Waals surface area contributed by atoms with Crippen molar-refractivity contribution in [1.29, 1.82) is 0 Å². The predicted molar refractivity (Wildman–Crippen MR) is 87.9 cm³/mol. The zero-order valence-electron chi connectivity index (χ0n) is 13.4. The Bertz CT molecular complexity index is 433. The lowest BCUT2D eigenvalue weighted by Crippen LogP contribution is -2.35. The molecule has 0 saturated heterocycles. The molecule has 0 N–H and O–H groups in total. The standard InChI is InChI=1S/C15H26O3Si2/c1-19(2,3)17-12-14(13-10-8-7-9-11-13)15(16)18-20(4,5)6/h7-11,14H,12H2,1-6H3. The molecule has 0 saturated carbocycles. The molecule has 0 radical (unpaired) electrons. The molecule has 1 rings (SSSR count). The smallest absolute Gasteiger partial charge is 0.302 e. The van der Waals surface area contributed by atoms with Crippen molar-refractivity contribution in [3.63, 3.8) is 0 Å². The van der Waals surface area contributed by atoms with Gasteiger partial charge in [0.1, 0.15) is 5.92 Å². The highest BCUT2D eigenvalue weighted by Crippen LogP contribution is 2.21. The average Bonchev–Trinajstić information content (AvgIpc) is 2.26. The van der Waals surface area contributed by atoms with Gasteiger partial charge in [-0.1, -0.05) is 30.3 Å². The van der Waals surface area contributed by atoms with Crippen LogP contribution in [0.4, 0.5) is 0 Å². The van der Waals surface area contributed by atoms with E-state index in [9.17, 15) is 4.79 Å². The van der Waals surface area contributed by atoms with E-state index < -0.39 is 16.6 Å². The molecule has 0 fully saturated rings. The van der Waals surface area contributed by atoms with Gasteiger partial charge in [-0.15, -0.1) is 0 Å². The largest absolute Gasteiger partial charge is 0.519 e. The summed E-state index contributed by atoms with van der Waals surface area (Å²) in [4.78, 5) is 12.4. The number of hydrogen-bond donors (Lipinski definition) is 0. The fourth-order valence-electron chi connectivity index (χ4n) is 1.69. The molecule has 0 aliphatic rings. The highest BCUT2D eigenvalue weighted by atomic mass is 28.4. The van der Waals surface area contributed by atoms with Crippen molar-refractivity contribution in [1.82, 2.24) is 0 Å². The third-order valence-corrected chi connectivity index (χ3v) is 4.42. The molecule has 0 amide bonds. The van der Waals surface area contributed by atoms with E-state index in [-0.39, 0.29) is 11.9 Å². The van der Waals surface area contributed by atoms with E-state index in [0.29, 0.717) is 6.61 Å². The molecule has 1 unspecified atom stereocenters. The zero-order chi connectivity index (χ0) is 15.4. The van der Waals surface area contributed by atoms with Crippen LogP contribution in [-0.2, 0) is 13.6 Å². The van der Waals surface area contributed by atoms with E-state index in [0.717, 1.165) is 5.56 Å². The molecule has 1 aromatic carbocycles. The second kappa shape index (κ2) is 6.69. The van der Waals surface area contributed by atoms with Crippen LogP contribution in [0.1, 0.15) is 11.5 Å². The van der Waals surface area contributed by atoms with Crippen LogP contribution >= 0.6 is 0 Å². The van der Waals surface area contributed by atoms with Gasteiger partial charge < -0.3 is 8.85 Å². The first kappa shape index (κ1) is 17.1. The van der Waals surface area contributed by atoms with Gasteiger partial charge >= 0.3 is 5.97 Å². The number of rotatable bonds is 6. The molecule has 0 spiro atoms. The lowest BCUT2D eigenvalue weighted by atomic mass is 10.0. The Morgan fingerprint density at radius 1 is 1.00 bits per heavy atom. The topological polar surface area (TPSA) is 35.5 Å². The molecule has 3 nitrogen and oxygen atoms in total. The highest BCUT2D eigenvalue weighted by Gasteiger charge is 2.29. The fourth-order valence-corrected chi connectivity index (χ4v) is 3.10. The number of hydrogen-bond acceptors (Lipinski definition) is 3. The first-order chi connectivity index (χ1) is 9.08. The molecule has 5 heteroatoms. The first-order valence-electron chi connectivity index (χ1n) is 7.00. The Hall–Kier alpha value is -0.916.